The van der Waals surface area contributed by atoms with E-state index in [1.54, 1.807) is 0 Å². The molecule has 2 heteroatoms. The van der Waals surface area contributed by atoms with E-state index in [2.05, 4.69) is 83.5 Å². The molecule has 114 valence electrons. The molecule has 3 rings (SSSR count). The molecule has 2 aromatic carbocycles. The van der Waals surface area contributed by atoms with E-state index in [4.69, 9.17) is 0 Å². The molecule has 1 aliphatic rings. The first kappa shape index (κ1) is 15.5. The average Bonchev–Trinajstić information content (AvgIpc) is 2.65. The van der Waals surface area contributed by atoms with Gasteiger partial charge in [-0.25, -0.2) is 0 Å². The van der Waals surface area contributed by atoms with Crippen molar-refractivity contribution in [3.63, 3.8) is 0 Å². The largest absolute Gasteiger partial charge is 0.309 e. The van der Waals surface area contributed by atoms with E-state index in [-0.39, 0.29) is 0 Å². The molecule has 0 aromatic heterocycles. The fourth-order valence-corrected chi connectivity index (χ4v) is 3.48. The van der Waals surface area contributed by atoms with Crippen LogP contribution in [-0.2, 0) is 12.8 Å². The molecular formula is C20H22BrN. The van der Waals surface area contributed by atoms with Crippen LogP contribution in [0.3, 0.4) is 0 Å². The first-order valence-electron chi connectivity index (χ1n) is 7.87. The highest BCUT2D eigenvalue weighted by Crippen LogP contribution is 2.35. The summed E-state index contributed by atoms with van der Waals surface area (Å²) in [4.78, 5) is 2.24. The standard InChI is InChI=1S/C20H22BrN/c1-22(2)13-5-8-19-18-7-4-3-6-15(18)9-10-16-11-12-17(21)14-20(16)19/h3-4,6-8,11-12,14H,5,9-10,13H2,1-2H3. The van der Waals surface area contributed by atoms with Gasteiger partial charge in [0.05, 0.1) is 0 Å². The minimum Gasteiger partial charge on any atom is -0.309 e. The fourth-order valence-electron chi connectivity index (χ4n) is 3.12. The van der Waals surface area contributed by atoms with Crippen LogP contribution in [0.4, 0.5) is 0 Å². The first-order valence-corrected chi connectivity index (χ1v) is 8.66. The monoisotopic (exact) mass is 355 g/mol. The van der Waals surface area contributed by atoms with Gasteiger partial charge in [-0.05, 0) is 73.3 Å². The molecule has 0 saturated heterocycles. The molecule has 0 amide bonds. The summed E-state index contributed by atoms with van der Waals surface area (Å²) >= 11 is 3.64. The third-order valence-electron chi connectivity index (χ3n) is 4.26. The van der Waals surface area contributed by atoms with E-state index >= 15 is 0 Å². The number of hydrogen-bond acceptors (Lipinski definition) is 1. The van der Waals surface area contributed by atoms with Gasteiger partial charge in [-0.1, -0.05) is 52.3 Å². The Morgan fingerprint density at radius 3 is 2.50 bits per heavy atom. The van der Waals surface area contributed by atoms with Gasteiger partial charge in [-0.15, -0.1) is 0 Å². The SMILES string of the molecule is CN(C)CCC=C1c2ccccc2CCc2ccc(Br)cc21. The second kappa shape index (κ2) is 6.80. The van der Waals surface area contributed by atoms with Crippen molar-refractivity contribution >= 4 is 21.5 Å². The van der Waals surface area contributed by atoms with Gasteiger partial charge < -0.3 is 4.90 Å². The quantitative estimate of drug-likeness (QED) is 0.754. The number of nitrogens with zero attached hydrogens (tertiary/aromatic N) is 1. The summed E-state index contributed by atoms with van der Waals surface area (Å²) in [5.41, 5.74) is 7.10. The Morgan fingerprint density at radius 1 is 1.00 bits per heavy atom. The van der Waals surface area contributed by atoms with E-state index in [1.165, 1.54) is 27.8 Å². The Bertz CT molecular complexity index is 701. The van der Waals surface area contributed by atoms with Crippen LogP contribution in [0, 0.1) is 0 Å². The lowest BCUT2D eigenvalue weighted by Crippen LogP contribution is -2.12. The van der Waals surface area contributed by atoms with Crippen LogP contribution in [0.2, 0.25) is 0 Å². The Kier molecular flexibility index (Phi) is 4.80. The smallest absolute Gasteiger partial charge is 0.0181 e. The van der Waals surface area contributed by atoms with Crippen LogP contribution in [0.1, 0.15) is 28.7 Å². The van der Waals surface area contributed by atoms with Crippen molar-refractivity contribution in [2.45, 2.75) is 19.3 Å². The van der Waals surface area contributed by atoms with Crippen molar-refractivity contribution in [2.75, 3.05) is 20.6 Å². The molecule has 0 heterocycles. The van der Waals surface area contributed by atoms with E-state index in [9.17, 15) is 0 Å². The number of rotatable bonds is 3. The summed E-state index contributed by atoms with van der Waals surface area (Å²) in [5, 5.41) is 0. The highest BCUT2D eigenvalue weighted by atomic mass is 79.9. The highest BCUT2D eigenvalue weighted by Gasteiger charge is 2.17. The Balaban J connectivity index is 2.10. The molecule has 1 aliphatic carbocycles. The first-order chi connectivity index (χ1) is 10.6. The average molecular weight is 356 g/mol. The lowest BCUT2D eigenvalue weighted by atomic mass is 9.93. The molecule has 1 nitrogen and oxygen atoms in total. The summed E-state index contributed by atoms with van der Waals surface area (Å²) in [6.07, 6.45) is 5.72. The third-order valence-corrected chi connectivity index (χ3v) is 4.75. The maximum Gasteiger partial charge on any atom is 0.0181 e. The van der Waals surface area contributed by atoms with Gasteiger partial charge in [0.1, 0.15) is 0 Å². The molecular weight excluding hydrogens is 334 g/mol. The molecule has 0 spiro atoms. The predicted octanol–water partition coefficient (Wildman–Crippen LogP) is 4.93. The van der Waals surface area contributed by atoms with Crippen molar-refractivity contribution in [3.05, 3.63) is 75.3 Å². The van der Waals surface area contributed by atoms with Gasteiger partial charge >= 0.3 is 0 Å². The van der Waals surface area contributed by atoms with Crippen LogP contribution in [0.5, 0.6) is 0 Å². The third kappa shape index (κ3) is 3.34. The summed E-state index contributed by atoms with van der Waals surface area (Å²) in [6.45, 7) is 1.08. The molecule has 0 atom stereocenters. The van der Waals surface area contributed by atoms with Crippen LogP contribution in [0.25, 0.3) is 5.57 Å². The van der Waals surface area contributed by atoms with Gasteiger partial charge in [0.15, 0.2) is 0 Å². The Labute approximate surface area is 141 Å². The number of benzene rings is 2. The molecule has 0 N–H and O–H groups in total. The summed E-state index contributed by atoms with van der Waals surface area (Å²) < 4.78 is 1.16. The zero-order chi connectivity index (χ0) is 15.5. The van der Waals surface area contributed by atoms with Crippen LogP contribution in [-0.4, -0.2) is 25.5 Å². The molecule has 0 saturated carbocycles. The molecule has 22 heavy (non-hydrogen) atoms. The Hall–Kier alpha value is -1.38. The summed E-state index contributed by atoms with van der Waals surface area (Å²) in [7, 11) is 4.26. The second-order valence-corrected chi connectivity index (χ2v) is 7.08. The number of aryl methyl sites for hydroxylation is 2. The van der Waals surface area contributed by atoms with Crippen molar-refractivity contribution in [1.29, 1.82) is 0 Å². The summed E-state index contributed by atoms with van der Waals surface area (Å²) in [5.74, 6) is 0. The van der Waals surface area contributed by atoms with Gasteiger partial charge in [0.25, 0.3) is 0 Å². The number of halogens is 1. The van der Waals surface area contributed by atoms with Crippen LogP contribution >= 0.6 is 15.9 Å². The number of hydrogen-bond donors (Lipinski definition) is 0. The summed E-state index contributed by atoms with van der Waals surface area (Å²) in [6, 6.07) is 15.6. The molecule has 0 bridgehead atoms. The fraction of sp³-hybridized carbons (Fsp3) is 0.300. The zero-order valence-corrected chi connectivity index (χ0v) is 14.9. The minimum atomic E-state index is 1.07. The van der Waals surface area contributed by atoms with E-state index < -0.39 is 0 Å². The Morgan fingerprint density at radius 2 is 1.73 bits per heavy atom. The lowest BCUT2D eigenvalue weighted by molar-refractivity contribution is 0.417. The van der Waals surface area contributed by atoms with Crippen molar-refractivity contribution in [1.82, 2.24) is 4.90 Å². The van der Waals surface area contributed by atoms with Gasteiger partial charge in [0.2, 0.25) is 0 Å². The van der Waals surface area contributed by atoms with Crippen molar-refractivity contribution in [2.24, 2.45) is 0 Å². The molecule has 0 radical (unpaired) electrons. The van der Waals surface area contributed by atoms with Gasteiger partial charge in [-0.2, -0.15) is 0 Å². The molecule has 0 aliphatic heterocycles. The highest BCUT2D eigenvalue weighted by molar-refractivity contribution is 9.10. The van der Waals surface area contributed by atoms with E-state index in [0.29, 0.717) is 0 Å². The predicted molar refractivity (Wildman–Crippen MR) is 98.2 cm³/mol. The van der Waals surface area contributed by atoms with E-state index in [0.717, 1.165) is 30.3 Å². The van der Waals surface area contributed by atoms with Gasteiger partial charge in [-0.3, -0.25) is 0 Å². The second-order valence-electron chi connectivity index (χ2n) is 6.17. The van der Waals surface area contributed by atoms with Crippen molar-refractivity contribution < 1.29 is 0 Å². The van der Waals surface area contributed by atoms with Crippen LogP contribution in [0.15, 0.2) is 53.0 Å². The van der Waals surface area contributed by atoms with Crippen LogP contribution < -0.4 is 0 Å². The molecule has 0 fully saturated rings. The molecule has 0 unspecified atom stereocenters. The minimum absolute atomic E-state index is 1.07. The zero-order valence-electron chi connectivity index (χ0n) is 13.3. The van der Waals surface area contributed by atoms with Crippen molar-refractivity contribution in [3.8, 4) is 0 Å². The normalized spacial score (nSPS) is 15.5. The topological polar surface area (TPSA) is 3.24 Å². The number of fused-ring (bicyclic) bond motifs is 2. The maximum absolute atomic E-state index is 3.64. The van der Waals surface area contributed by atoms with E-state index in [1.807, 2.05) is 0 Å². The molecule has 2 aromatic rings. The maximum atomic E-state index is 3.64. The lowest BCUT2D eigenvalue weighted by Gasteiger charge is -2.14. The van der Waals surface area contributed by atoms with Gasteiger partial charge in [0, 0.05) is 11.0 Å².